The summed E-state index contributed by atoms with van der Waals surface area (Å²) in [5.41, 5.74) is 4.88. The van der Waals surface area contributed by atoms with E-state index in [4.69, 9.17) is 16.4 Å². The summed E-state index contributed by atoms with van der Waals surface area (Å²) in [6.45, 7) is 0.531. The normalized spacial score (nSPS) is 10.1. The molecule has 2 aromatic carbocycles. The third-order valence-electron chi connectivity index (χ3n) is 2.12. The minimum absolute atomic E-state index is 0.531. The SMILES string of the molecule is Clc1ccc(NOCc2ccccc2)cc1. The van der Waals surface area contributed by atoms with Crippen LogP contribution in [0.2, 0.25) is 5.02 Å². The second-order valence-electron chi connectivity index (χ2n) is 3.38. The van der Waals surface area contributed by atoms with Crippen molar-refractivity contribution in [3.63, 3.8) is 0 Å². The van der Waals surface area contributed by atoms with Gasteiger partial charge in [0.1, 0.15) is 0 Å². The van der Waals surface area contributed by atoms with E-state index in [1.165, 1.54) is 0 Å². The third-order valence-corrected chi connectivity index (χ3v) is 2.37. The summed E-state index contributed by atoms with van der Waals surface area (Å²) in [5, 5.41) is 0.716. The van der Waals surface area contributed by atoms with Crippen LogP contribution in [0.4, 0.5) is 5.69 Å². The molecule has 1 N–H and O–H groups in total. The predicted molar refractivity (Wildman–Crippen MR) is 66.3 cm³/mol. The van der Waals surface area contributed by atoms with Gasteiger partial charge >= 0.3 is 0 Å². The van der Waals surface area contributed by atoms with Crippen molar-refractivity contribution in [1.82, 2.24) is 0 Å². The molecule has 0 aromatic heterocycles. The summed E-state index contributed by atoms with van der Waals surface area (Å²) in [6, 6.07) is 17.4. The van der Waals surface area contributed by atoms with E-state index in [1.807, 2.05) is 54.6 Å². The average molecular weight is 234 g/mol. The molecular formula is C13H12ClNO. The van der Waals surface area contributed by atoms with Gasteiger partial charge in [-0.25, -0.2) is 0 Å². The summed E-state index contributed by atoms with van der Waals surface area (Å²) < 4.78 is 0. The molecule has 0 saturated carbocycles. The monoisotopic (exact) mass is 233 g/mol. The molecule has 0 radical (unpaired) electrons. The van der Waals surface area contributed by atoms with Crippen LogP contribution in [0.3, 0.4) is 0 Å². The molecular weight excluding hydrogens is 222 g/mol. The molecule has 0 aliphatic carbocycles. The fourth-order valence-electron chi connectivity index (χ4n) is 1.29. The molecule has 0 atom stereocenters. The number of halogens is 1. The first-order valence-corrected chi connectivity index (χ1v) is 5.40. The van der Waals surface area contributed by atoms with E-state index in [9.17, 15) is 0 Å². The molecule has 2 rings (SSSR count). The van der Waals surface area contributed by atoms with E-state index < -0.39 is 0 Å². The molecule has 82 valence electrons. The van der Waals surface area contributed by atoms with E-state index in [1.54, 1.807) is 0 Å². The highest BCUT2D eigenvalue weighted by atomic mass is 35.5. The molecule has 0 saturated heterocycles. The number of hydrogen-bond acceptors (Lipinski definition) is 2. The zero-order chi connectivity index (χ0) is 11.2. The van der Waals surface area contributed by atoms with Crippen LogP contribution >= 0.6 is 11.6 Å². The van der Waals surface area contributed by atoms with Crippen molar-refractivity contribution < 1.29 is 4.84 Å². The van der Waals surface area contributed by atoms with Crippen molar-refractivity contribution in [2.75, 3.05) is 5.48 Å². The van der Waals surface area contributed by atoms with Gasteiger partial charge in [0.25, 0.3) is 0 Å². The Kier molecular flexibility index (Phi) is 3.81. The van der Waals surface area contributed by atoms with Crippen LogP contribution in [0, 0.1) is 0 Å². The van der Waals surface area contributed by atoms with Crippen LogP contribution in [0.5, 0.6) is 0 Å². The first-order chi connectivity index (χ1) is 7.84. The van der Waals surface area contributed by atoms with Gasteiger partial charge in [-0.05, 0) is 29.8 Å². The molecule has 0 aliphatic rings. The topological polar surface area (TPSA) is 21.3 Å². The van der Waals surface area contributed by atoms with Crippen LogP contribution < -0.4 is 5.48 Å². The lowest BCUT2D eigenvalue weighted by Gasteiger charge is -2.06. The van der Waals surface area contributed by atoms with Crippen LogP contribution in [-0.2, 0) is 11.4 Å². The largest absolute Gasteiger partial charge is 0.271 e. The van der Waals surface area contributed by atoms with Crippen molar-refractivity contribution in [2.24, 2.45) is 0 Å². The van der Waals surface area contributed by atoms with Gasteiger partial charge in [0.2, 0.25) is 0 Å². The number of benzene rings is 2. The van der Waals surface area contributed by atoms with Crippen molar-refractivity contribution in [3.8, 4) is 0 Å². The molecule has 0 bridgehead atoms. The smallest absolute Gasteiger partial charge is 0.0996 e. The van der Waals surface area contributed by atoms with Gasteiger partial charge in [-0.1, -0.05) is 41.9 Å². The minimum Gasteiger partial charge on any atom is -0.271 e. The maximum Gasteiger partial charge on any atom is 0.0996 e. The highest BCUT2D eigenvalue weighted by molar-refractivity contribution is 6.30. The Morgan fingerprint density at radius 3 is 2.31 bits per heavy atom. The summed E-state index contributed by atoms with van der Waals surface area (Å²) in [4.78, 5) is 5.35. The Balaban J connectivity index is 1.82. The minimum atomic E-state index is 0.531. The Bertz CT molecular complexity index is 427. The third kappa shape index (κ3) is 3.26. The van der Waals surface area contributed by atoms with Crippen molar-refractivity contribution >= 4 is 17.3 Å². The van der Waals surface area contributed by atoms with E-state index >= 15 is 0 Å². The lowest BCUT2D eigenvalue weighted by atomic mass is 10.2. The fraction of sp³-hybridized carbons (Fsp3) is 0.0769. The maximum absolute atomic E-state index is 5.77. The molecule has 2 aromatic rings. The van der Waals surface area contributed by atoms with E-state index in [-0.39, 0.29) is 0 Å². The Morgan fingerprint density at radius 1 is 0.938 bits per heavy atom. The van der Waals surface area contributed by atoms with E-state index in [0.717, 1.165) is 11.3 Å². The van der Waals surface area contributed by atoms with Crippen molar-refractivity contribution in [1.29, 1.82) is 0 Å². The molecule has 3 heteroatoms. The number of anilines is 1. The summed E-state index contributed by atoms with van der Waals surface area (Å²) >= 11 is 5.77. The highest BCUT2D eigenvalue weighted by Crippen LogP contribution is 2.13. The van der Waals surface area contributed by atoms with Gasteiger partial charge in [0.15, 0.2) is 0 Å². The molecule has 0 unspecified atom stereocenters. The van der Waals surface area contributed by atoms with Crippen LogP contribution in [0.1, 0.15) is 5.56 Å². The van der Waals surface area contributed by atoms with Crippen molar-refractivity contribution in [2.45, 2.75) is 6.61 Å². The zero-order valence-corrected chi connectivity index (χ0v) is 9.45. The molecule has 0 fully saturated rings. The maximum atomic E-state index is 5.77. The second kappa shape index (κ2) is 5.54. The molecule has 16 heavy (non-hydrogen) atoms. The fourth-order valence-corrected chi connectivity index (χ4v) is 1.42. The summed E-state index contributed by atoms with van der Waals surface area (Å²) in [7, 11) is 0. The van der Waals surface area contributed by atoms with Gasteiger partial charge in [0, 0.05) is 5.02 Å². The van der Waals surface area contributed by atoms with E-state index in [2.05, 4.69) is 5.48 Å². The quantitative estimate of drug-likeness (QED) is 0.810. The van der Waals surface area contributed by atoms with Crippen LogP contribution in [0.25, 0.3) is 0 Å². The summed E-state index contributed by atoms with van der Waals surface area (Å²) in [6.07, 6.45) is 0. The van der Waals surface area contributed by atoms with Gasteiger partial charge in [-0.3, -0.25) is 10.3 Å². The van der Waals surface area contributed by atoms with Gasteiger partial charge < -0.3 is 0 Å². The predicted octanol–water partition coefficient (Wildman–Crippen LogP) is 3.88. The summed E-state index contributed by atoms with van der Waals surface area (Å²) in [5.74, 6) is 0. The Hall–Kier alpha value is -1.51. The standard InChI is InChI=1S/C13H12ClNO/c14-12-6-8-13(9-7-12)15-16-10-11-4-2-1-3-5-11/h1-9,15H,10H2. The second-order valence-corrected chi connectivity index (χ2v) is 3.82. The Morgan fingerprint density at radius 2 is 1.62 bits per heavy atom. The zero-order valence-electron chi connectivity index (χ0n) is 8.69. The van der Waals surface area contributed by atoms with Gasteiger partial charge in [-0.15, -0.1) is 0 Å². The lowest BCUT2D eigenvalue weighted by Crippen LogP contribution is -2.00. The Labute approximate surface area is 99.8 Å². The average Bonchev–Trinajstić information content (AvgIpc) is 2.33. The van der Waals surface area contributed by atoms with Crippen LogP contribution in [-0.4, -0.2) is 0 Å². The molecule has 0 heterocycles. The van der Waals surface area contributed by atoms with Crippen molar-refractivity contribution in [3.05, 3.63) is 65.2 Å². The van der Waals surface area contributed by atoms with Gasteiger partial charge in [0.05, 0.1) is 12.3 Å². The lowest BCUT2D eigenvalue weighted by molar-refractivity contribution is 0.180. The molecule has 0 spiro atoms. The molecule has 0 aliphatic heterocycles. The number of nitrogens with one attached hydrogen (secondary N) is 1. The first-order valence-electron chi connectivity index (χ1n) is 5.02. The molecule has 0 amide bonds. The highest BCUT2D eigenvalue weighted by Gasteiger charge is 1.93. The van der Waals surface area contributed by atoms with Crippen LogP contribution in [0.15, 0.2) is 54.6 Å². The number of hydrogen-bond donors (Lipinski definition) is 1. The number of rotatable bonds is 4. The molecule has 2 nitrogen and oxygen atoms in total. The van der Waals surface area contributed by atoms with E-state index in [0.29, 0.717) is 11.6 Å². The first kappa shape index (κ1) is 11.0. The van der Waals surface area contributed by atoms with Gasteiger partial charge in [-0.2, -0.15) is 0 Å².